The number of rotatable bonds is 4. The summed E-state index contributed by atoms with van der Waals surface area (Å²) < 4.78 is 8.03. The SMILES string of the molecule is C=CCSc1nc2c(c(=O)n1[C@@H]1CCOC(C)(C)C1)C1(CCCCC1)Cc1ccccc1-2. The van der Waals surface area contributed by atoms with E-state index in [-0.39, 0.29) is 22.6 Å². The van der Waals surface area contributed by atoms with E-state index in [4.69, 9.17) is 9.72 Å². The van der Waals surface area contributed by atoms with Crippen molar-refractivity contribution in [2.45, 2.75) is 87.4 Å². The van der Waals surface area contributed by atoms with Crippen LogP contribution in [0.25, 0.3) is 11.3 Å². The van der Waals surface area contributed by atoms with Gasteiger partial charge in [0.1, 0.15) is 0 Å². The van der Waals surface area contributed by atoms with Crippen LogP contribution in [0.2, 0.25) is 0 Å². The molecule has 4 nitrogen and oxygen atoms in total. The summed E-state index contributed by atoms with van der Waals surface area (Å²) in [6.07, 6.45) is 10.4. The highest BCUT2D eigenvalue weighted by molar-refractivity contribution is 7.99. The fourth-order valence-corrected chi connectivity index (χ4v) is 6.97. The van der Waals surface area contributed by atoms with Crippen molar-refractivity contribution in [3.8, 4) is 11.3 Å². The largest absolute Gasteiger partial charge is 0.375 e. The first kappa shape index (κ1) is 22.0. The molecule has 0 radical (unpaired) electrons. The van der Waals surface area contributed by atoms with Crippen molar-refractivity contribution in [2.24, 2.45) is 0 Å². The molecule has 1 spiro atoms. The van der Waals surface area contributed by atoms with Gasteiger partial charge in [-0.25, -0.2) is 4.98 Å². The molecule has 0 bridgehead atoms. The average molecular weight is 451 g/mol. The molecule has 1 saturated heterocycles. The predicted molar refractivity (Wildman–Crippen MR) is 132 cm³/mol. The Kier molecular flexibility index (Phi) is 5.83. The van der Waals surface area contributed by atoms with E-state index in [1.54, 1.807) is 11.8 Å². The van der Waals surface area contributed by atoms with Crippen molar-refractivity contribution in [1.82, 2.24) is 9.55 Å². The Morgan fingerprint density at radius 1 is 1.25 bits per heavy atom. The third kappa shape index (κ3) is 3.77. The normalized spacial score (nSPS) is 23.4. The molecule has 0 unspecified atom stereocenters. The second kappa shape index (κ2) is 8.49. The van der Waals surface area contributed by atoms with Gasteiger partial charge in [0.05, 0.1) is 16.9 Å². The number of hydrogen-bond acceptors (Lipinski definition) is 4. The summed E-state index contributed by atoms with van der Waals surface area (Å²) in [6.45, 7) is 8.84. The summed E-state index contributed by atoms with van der Waals surface area (Å²) in [5.74, 6) is 0.741. The minimum atomic E-state index is -0.228. The van der Waals surface area contributed by atoms with Gasteiger partial charge in [-0.1, -0.05) is 61.4 Å². The minimum absolute atomic E-state index is 0.0733. The number of nitrogens with zero attached hydrogens (tertiary/aromatic N) is 2. The number of hydrogen-bond donors (Lipinski definition) is 0. The van der Waals surface area contributed by atoms with E-state index in [1.165, 1.54) is 24.8 Å². The first-order valence-electron chi connectivity index (χ1n) is 12.1. The number of aromatic nitrogens is 2. The van der Waals surface area contributed by atoms with Gasteiger partial charge in [0, 0.05) is 29.4 Å². The molecule has 2 aromatic rings. The van der Waals surface area contributed by atoms with E-state index in [9.17, 15) is 4.79 Å². The second-order valence-electron chi connectivity index (χ2n) is 10.3. The fourth-order valence-electron chi connectivity index (χ4n) is 6.18. The first-order valence-corrected chi connectivity index (χ1v) is 13.1. The van der Waals surface area contributed by atoms with Crippen molar-refractivity contribution >= 4 is 11.8 Å². The molecule has 5 rings (SSSR count). The van der Waals surface area contributed by atoms with Crippen molar-refractivity contribution in [3.63, 3.8) is 0 Å². The zero-order valence-electron chi connectivity index (χ0n) is 19.4. The Balaban J connectivity index is 1.75. The quantitative estimate of drug-likeness (QED) is 0.322. The van der Waals surface area contributed by atoms with Crippen molar-refractivity contribution in [1.29, 1.82) is 0 Å². The monoisotopic (exact) mass is 450 g/mol. The van der Waals surface area contributed by atoms with Crippen molar-refractivity contribution < 1.29 is 4.74 Å². The number of fused-ring (bicyclic) bond motifs is 4. The molecule has 170 valence electrons. The van der Waals surface area contributed by atoms with Crippen LogP contribution in [0.3, 0.4) is 0 Å². The van der Waals surface area contributed by atoms with Crippen LogP contribution in [-0.4, -0.2) is 27.5 Å². The van der Waals surface area contributed by atoms with Gasteiger partial charge in [-0.3, -0.25) is 9.36 Å². The van der Waals surface area contributed by atoms with Crippen LogP contribution >= 0.6 is 11.8 Å². The minimum Gasteiger partial charge on any atom is -0.375 e. The smallest absolute Gasteiger partial charge is 0.258 e. The summed E-state index contributed by atoms with van der Waals surface area (Å²) in [6, 6.07) is 8.71. The van der Waals surface area contributed by atoms with Crippen LogP contribution < -0.4 is 5.56 Å². The van der Waals surface area contributed by atoms with Crippen LogP contribution in [0.1, 0.15) is 76.0 Å². The number of benzene rings is 1. The molecule has 5 heteroatoms. The molecule has 0 amide bonds. The number of thioether (sulfide) groups is 1. The maximum Gasteiger partial charge on any atom is 0.258 e. The van der Waals surface area contributed by atoms with Crippen LogP contribution in [-0.2, 0) is 16.6 Å². The Labute approximate surface area is 195 Å². The summed E-state index contributed by atoms with van der Waals surface area (Å²) >= 11 is 1.63. The van der Waals surface area contributed by atoms with Crippen LogP contribution in [0, 0.1) is 0 Å². The van der Waals surface area contributed by atoms with E-state index in [0.717, 1.165) is 59.8 Å². The van der Waals surface area contributed by atoms with Crippen LogP contribution in [0.5, 0.6) is 0 Å². The van der Waals surface area contributed by atoms with Crippen LogP contribution in [0.15, 0.2) is 46.9 Å². The second-order valence-corrected chi connectivity index (χ2v) is 11.3. The van der Waals surface area contributed by atoms with Crippen molar-refractivity contribution in [3.05, 3.63) is 58.4 Å². The molecule has 0 N–H and O–H groups in total. The Bertz CT molecular complexity index is 1080. The van der Waals surface area contributed by atoms with Gasteiger partial charge in [0.2, 0.25) is 0 Å². The highest BCUT2D eigenvalue weighted by Crippen LogP contribution is 2.49. The lowest BCUT2D eigenvalue weighted by molar-refractivity contribution is -0.0710. The highest BCUT2D eigenvalue weighted by atomic mass is 32.2. The van der Waals surface area contributed by atoms with Gasteiger partial charge in [-0.15, -0.1) is 6.58 Å². The summed E-state index contributed by atoms with van der Waals surface area (Å²) in [7, 11) is 0. The first-order chi connectivity index (χ1) is 15.4. The van der Waals surface area contributed by atoms with E-state index in [2.05, 4.69) is 44.7 Å². The Hall–Kier alpha value is -1.85. The maximum absolute atomic E-state index is 14.4. The zero-order valence-corrected chi connectivity index (χ0v) is 20.2. The third-order valence-corrected chi connectivity index (χ3v) is 8.54. The van der Waals surface area contributed by atoms with E-state index >= 15 is 0 Å². The molecular weight excluding hydrogens is 416 g/mol. The predicted octanol–water partition coefficient (Wildman–Crippen LogP) is 6.08. The number of ether oxygens (including phenoxy) is 1. The molecule has 3 aliphatic rings. The van der Waals surface area contributed by atoms with E-state index in [1.807, 2.05) is 10.6 Å². The molecule has 1 aliphatic heterocycles. The molecule has 32 heavy (non-hydrogen) atoms. The topological polar surface area (TPSA) is 44.1 Å². The third-order valence-electron chi connectivity index (χ3n) is 7.59. The lowest BCUT2D eigenvalue weighted by Crippen LogP contribution is -2.45. The standard InChI is InChI=1S/C27H34N2O2S/c1-4-16-32-25-28-23-21-11-7-6-10-19(21)17-27(13-8-5-9-14-27)22(23)24(30)29(25)20-12-15-31-26(2,3)18-20/h4,6-7,10-11,20H,1,5,8-9,12-18H2,2-3H3/t20-/m1/s1. The lowest BCUT2D eigenvalue weighted by atomic mass is 9.62. The van der Waals surface area contributed by atoms with Gasteiger partial charge >= 0.3 is 0 Å². The average Bonchev–Trinajstić information content (AvgIpc) is 2.77. The molecular formula is C27H34N2O2S. The summed E-state index contributed by atoms with van der Waals surface area (Å²) in [5.41, 5.74) is 4.31. The molecule has 1 aromatic heterocycles. The molecule has 2 aliphatic carbocycles. The van der Waals surface area contributed by atoms with Gasteiger partial charge < -0.3 is 4.74 Å². The summed E-state index contributed by atoms with van der Waals surface area (Å²) in [5, 5.41) is 0.832. The van der Waals surface area contributed by atoms with Crippen molar-refractivity contribution in [2.75, 3.05) is 12.4 Å². The maximum atomic E-state index is 14.4. The fraction of sp³-hybridized carbons (Fsp3) is 0.556. The van der Waals surface area contributed by atoms with Gasteiger partial charge in [0.15, 0.2) is 5.16 Å². The van der Waals surface area contributed by atoms with E-state index < -0.39 is 0 Å². The van der Waals surface area contributed by atoms with Gasteiger partial charge in [-0.2, -0.15) is 0 Å². The molecule has 2 heterocycles. The molecule has 1 atom stereocenters. The Morgan fingerprint density at radius 2 is 2.03 bits per heavy atom. The molecule has 2 fully saturated rings. The van der Waals surface area contributed by atoms with Crippen LogP contribution in [0.4, 0.5) is 0 Å². The highest BCUT2D eigenvalue weighted by Gasteiger charge is 2.44. The van der Waals surface area contributed by atoms with Gasteiger partial charge in [0.25, 0.3) is 5.56 Å². The molecule has 1 aromatic carbocycles. The molecule has 1 saturated carbocycles. The zero-order chi connectivity index (χ0) is 22.3. The lowest BCUT2D eigenvalue weighted by Gasteiger charge is -2.43. The van der Waals surface area contributed by atoms with E-state index in [0.29, 0.717) is 6.61 Å². The summed E-state index contributed by atoms with van der Waals surface area (Å²) in [4.78, 5) is 19.7. The Morgan fingerprint density at radius 3 is 2.78 bits per heavy atom. The van der Waals surface area contributed by atoms with Gasteiger partial charge in [-0.05, 0) is 51.5 Å².